The lowest BCUT2D eigenvalue weighted by molar-refractivity contribution is 1.19. The van der Waals surface area contributed by atoms with E-state index in [4.69, 9.17) is 9.97 Å². The maximum Gasteiger partial charge on any atom is 0.160 e. The number of nitrogens with zero attached hydrogens (tertiary/aromatic N) is 2. The van der Waals surface area contributed by atoms with Crippen molar-refractivity contribution in [2.24, 2.45) is 0 Å². The molecule has 238 valence electrons. The SMILES string of the molecule is c1ccc(-c2nc(-c3cccc4c(-c5ccccc5)cccc34)cc(-c3ccc(-c4cccc5sc6ccccc6c45)c4ccccc34)n2)cc1. The summed E-state index contributed by atoms with van der Waals surface area (Å²) in [6.45, 7) is 0. The van der Waals surface area contributed by atoms with E-state index in [2.05, 4.69) is 164 Å². The molecule has 0 aliphatic rings. The van der Waals surface area contributed by atoms with Crippen LogP contribution in [0.3, 0.4) is 0 Å². The van der Waals surface area contributed by atoms with Crippen LogP contribution in [0.2, 0.25) is 0 Å². The third-order valence-corrected chi connectivity index (χ3v) is 11.1. The van der Waals surface area contributed by atoms with Gasteiger partial charge in [0.25, 0.3) is 0 Å². The van der Waals surface area contributed by atoms with Crippen LogP contribution in [-0.2, 0) is 0 Å². The highest BCUT2D eigenvalue weighted by Crippen LogP contribution is 2.44. The van der Waals surface area contributed by atoms with Gasteiger partial charge in [-0.05, 0) is 62.0 Å². The average molecular weight is 667 g/mol. The Labute approximate surface area is 300 Å². The average Bonchev–Trinajstić information content (AvgIpc) is 3.60. The van der Waals surface area contributed by atoms with Gasteiger partial charge in [-0.1, -0.05) is 164 Å². The zero-order chi connectivity index (χ0) is 33.7. The molecule has 51 heavy (non-hydrogen) atoms. The summed E-state index contributed by atoms with van der Waals surface area (Å²) in [5.74, 6) is 0.710. The van der Waals surface area contributed by atoms with Crippen LogP contribution in [0.15, 0.2) is 182 Å². The van der Waals surface area contributed by atoms with Gasteiger partial charge in [-0.25, -0.2) is 9.97 Å². The summed E-state index contributed by atoms with van der Waals surface area (Å²) < 4.78 is 2.62. The van der Waals surface area contributed by atoms with Crippen LogP contribution in [0.1, 0.15) is 0 Å². The zero-order valence-electron chi connectivity index (χ0n) is 27.6. The third-order valence-electron chi connectivity index (χ3n) is 9.93. The van der Waals surface area contributed by atoms with Crippen LogP contribution >= 0.6 is 11.3 Å². The summed E-state index contributed by atoms with van der Waals surface area (Å²) in [7, 11) is 0. The molecule has 2 aromatic heterocycles. The molecular weight excluding hydrogens is 637 g/mol. The van der Waals surface area contributed by atoms with Crippen molar-refractivity contribution in [2.45, 2.75) is 0 Å². The van der Waals surface area contributed by atoms with Crippen molar-refractivity contribution < 1.29 is 0 Å². The molecule has 2 nitrogen and oxygen atoms in total. The van der Waals surface area contributed by atoms with Gasteiger partial charge in [0.2, 0.25) is 0 Å². The van der Waals surface area contributed by atoms with Crippen LogP contribution in [0.25, 0.3) is 97.9 Å². The Balaban J connectivity index is 1.20. The minimum absolute atomic E-state index is 0.710. The van der Waals surface area contributed by atoms with Gasteiger partial charge in [0.05, 0.1) is 11.4 Å². The topological polar surface area (TPSA) is 25.8 Å². The van der Waals surface area contributed by atoms with Gasteiger partial charge in [-0.15, -0.1) is 11.3 Å². The summed E-state index contributed by atoms with van der Waals surface area (Å²) in [4.78, 5) is 10.5. The summed E-state index contributed by atoms with van der Waals surface area (Å²) in [6.07, 6.45) is 0. The number of rotatable bonds is 5. The molecule has 0 spiro atoms. The summed E-state index contributed by atoms with van der Waals surface area (Å²) in [5, 5.41) is 7.36. The van der Waals surface area contributed by atoms with Crippen molar-refractivity contribution in [3.05, 3.63) is 182 Å². The fraction of sp³-hybridized carbons (Fsp3) is 0. The number of hydrogen-bond donors (Lipinski definition) is 0. The largest absolute Gasteiger partial charge is 0.228 e. The quantitative estimate of drug-likeness (QED) is 0.183. The molecule has 0 saturated carbocycles. The fourth-order valence-electron chi connectivity index (χ4n) is 7.60. The lowest BCUT2D eigenvalue weighted by atomic mass is 9.91. The summed E-state index contributed by atoms with van der Waals surface area (Å²) in [5.41, 5.74) is 9.85. The highest BCUT2D eigenvalue weighted by Gasteiger charge is 2.18. The number of fused-ring (bicyclic) bond motifs is 5. The molecule has 0 aliphatic carbocycles. The summed E-state index contributed by atoms with van der Waals surface area (Å²) >= 11 is 1.86. The molecule has 0 N–H and O–H groups in total. The van der Waals surface area contributed by atoms with Crippen molar-refractivity contribution in [1.82, 2.24) is 9.97 Å². The van der Waals surface area contributed by atoms with E-state index < -0.39 is 0 Å². The Kier molecular flexibility index (Phi) is 7.04. The molecule has 0 aliphatic heterocycles. The highest BCUT2D eigenvalue weighted by molar-refractivity contribution is 7.25. The van der Waals surface area contributed by atoms with E-state index in [1.54, 1.807) is 0 Å². The van der Waals surface area contributed by atoms with Crippen LogP contribution < -0.4 is 0 Å². The van der Waals surface area contributed by atoms with Crippen molar-refractivity contribution >= 4 is 53.1 Å². The molecule has 0 amide bonds. The van der Waals surface area contributed by atoms with Crippen LogP contribution in [0.5, 0.6) is 0 Å². The molecular formula is C48H30N2S. The molecule has 8 aromatic carbocycles. The molecule has 0 radical (unpaired) electrons. The van der Waals surface area contributed by atoms with E-state index in [9.17, 15) is 0 Å². The molecule has 0 saturated heterocycles. The second kappa shape index (κ2) is 12.2. The first-order valence-corrected chi connectivity index (χ1v) is 18.1. The second-order valence-electron chi connectivity index (χ2n) is 12.9. The van der Waals surface area contributed by atoms with Crippen LogP contribution in [0, 0.1) is 0 Å². The molecule has 0 atom stereocenters. The maximum atomic E-state index is 5.27. The first-order chi connectivity index (χ1) is 25.3. The summed E-state index contributed by atoms with van der Waals surface area (Å²) in [6, 6.07) is 64.9. The maximum absolute atomic E-state index is 5.27. The van der Waals surface area contributed by atoms with Crippen molar-refractivity contribution in [3.63, 3.8) is 0 Å². The Morgan fingerprint density at radius 1 is 0.314 bits per heavy atom. The molecule has 3 heteroatoms. The Hall–Kier alpha value is -6.42. The normalized spacial score (nSPS) is 11.5. The van der Waals surface area contributed by atoms with Crippen LogP contribution in [0.4, 0.5) is 0 Å². The van der Waals surface area contributed by atoms with Gasteiger partial charge in [0.15, 0.2) is 5.82 Å². The molecule has 10 aromatic rings. The standard InChI is InChI=1S/C48H30N2S/c1-3-14-31(15-4-1)33-21-11-23-37-34(33)22-12-24-39(37)43-30-44(50-48(49-43)32-16-5-2-6-17-32)40-29-28-38(35-18-7-8-19-36(35)40)41-25-13-27-46-47(41)42-20-9-10-26-45(42)51-46/h1-30H. The lowest BCUT2D eigenvalue weighted by Crippen LogP contribution is -1.97. The fourth-order valence-corrected chi connectivity index (χ4v) is 8.73. The van der Waals surface area contributed by atoms with E-state index in [0.717, 1.165) is 28.1 Å². The van der Waals surface area contributed by atoms with Crippen molar-refractivity contribution in [2.75, 3.05) is 0 Å². The predicted molar refractivity (Wildman–Crippen MR) is 217 cm³/mol. The minimum Gasteiger partial charge on any atom is -0.228 e. The monoisotopic (exact) mass is 666 g/mol. The van der Waals surface area contributed by atoms with E-state index in [1.807, 2.05) is 29.5 Å². The second-order valence-corrected chi connectivity index (χ2v) is 14.0. The van der Waals surface area contributed by atoms with Gasteiger partial charge >= 0.3 is 0 Å². The van der Waals surface area contributed by atoms with E-state index in [-0.39, 0.29) is 0 Å². The molecule has 0 unspecified atom stereocenters. The number of benzene rings is 8. The van der Waals surface area contributed by atoms with Gasteiger partial charge in [0, 0.05) is 36.9 Å². The highest BCUT2D eigenvalue weighted by atomic mass is 32.1. The minimum atomic E-state index is 0.710. The van der Waals surface area contributed by atoms with E-state index in [1.165, 1.54) is 64.0 Å². The molecule has 0 bridgehead atoms. The molecule has 10 rings (SSSR count). The van der Waals surface area contributed by atoms with Gasteiger partial charge < -0.3 is 0 Å². The first-order valence-electron chi connectivity index (χ1n) is 17.2. The van der Waals surface area contributed by atoms with Gasteiger partial charge in [0.1, 0.15) is 0 Å². The van der Waals surface area contributed by atoms with Gasteiger partial charge in [-0.2, -0.15) is 0 Å². The number of thiophene rings is 1. The Bertz CT molecular complexity index is 2910. The van der Waals surface area contributed by atoms with Crippen molar-refractivity contribution in [3.8, 4) is 56.2 Å². The van der Waals surface area contributed by atoms with Crippen LogP contribution in [-0.4, -0.2) is 9.97 Å². The number of hydrogen-bond acceptors (Lipinski definition) is 3. The van der Waals surface area contributed by atoms with Crippen molar-refractivity contribution in [1.29, 1.82) is 0 Å². The number of aromatic nitrogens is 2. The smallest absolute Gasteiger partial charge is 0.160 e. The predicted octanol–water partition coefficient (Wildman–Crippen LogP) is 13.5. The lowest BCUT2D eigenvalue weighted by Gasteiger charge is -2.15. The molecule has 0 fully saturated rings. The van der Waals surface area contributed by atoms with Gasteiger partial charge in [-0.3, -0.25) is 0 Å². The molecule has 2 heterocycles. The first kappa shape index (κ1) is 29.5. The van der Waals surface area contributed by atoms with E-state index in [0.29, 0.717) is 5.82 Å². The Morgan fingerprint density at radius 2 is 0.784 bits per heavy atom. The Morgan fingerprint density at radius 3 is 1.51 bits per heavy atom. The third kappa shape index (κ3) is 5.01. The van der Waals surface area contributed by atoms with E-state index >= 15 is 0 Å². The zero-order valence-corrected chi connectivity index (χ0v) is 28.4.